The first kappa shape index (κ1) is 9.28. The van der Waals surface area contributed by atoms with Gasteiger partial charge in [0.25, 0.3) is 0 Å². The summed E-state index contributed by atoms with van der Waals surface area (Å²) in [5.41, 5.74) is 3.27. The van der Waals surface area contributed by atoms with Crippen LogP contribution in [0, 0.1) is 0 Å². The molecule has 2 rings (SSSR count). The average molecular weight is 203 g/mol. The second-order valence-electron chi connectivity index (χ2n) is 2.66. The summed E-state index contributed by atoms with van der Waals surface area (Å²) in [5, 5.41) is 2.91. The molecule has 15 heavy (non-hydrogen) atoms. The van der Waals surface area contributed by atoms with Gasteiger partial charge in [-0.15, -0.1) is 0 Å². The predicted molar refractivity (Wildman–Crippen MR) is 55.2 cm³/mol. The molecule has 0 aliphatic heterocycles. The van der Waals surface area contributed by atoms with Crippen molar-refractivity contribution in [2.75, 3.05) is 10.7 Å². The Morgan fingerprint density at radius 3 is 2.67 bits per heavy atom. The number of hydrogen-bond acceptors (Lipinski definition) is 7. The van der Waals surface area contributed by atoms with Gasteiger partial charge in [-0.1, -0.05) is 0 Å². The zero-order valence-electron chi connectivity index (χ0n) is 7.75. The molecule has 0 radical (unpaired) electrons. The number of nitrogen functional groups attached to an aromatic ring is 1. The summed E-state index contributed by atoms with van der Waals surface area (Å²) < 4.78 is 0. The Bertz CT molecular complexity index is 430. The number of anilines is 3. The third-order valence-corrected chi connectivity index (χ3v) is 1.66. The summed E-state index contributed by atoms with van der Waals surface area (Å²) in [4.78, 5) is 15.6. The quantitative estimate of drug-likeness (QED) is 0.487. The van der Waals surface area contributed by atoms with Crippen molar-refractivity contribution in [3.8, 4) is 0 Å². The molecule has 0 fully saturated rings. The molecule has 2 heterocycles. The van der Waals surface area contributed by atoms with Crippen LogP contribution < -0.4 is 16.6 Å². The molecule has 0 bridgehead atoms. The summed E-state index contributed by atoms with van der Waals surface area (Å²) in [7, 11) is 0. The van der Waals surface area contributed by atoms with Crippen LogP contribution in [0.5, 0.6) is 0 Å². The first-order valence-electron chi connectivity index (χ1n) is 4.20. The van der Waals surface area contributed by atoms with E-state index >= 15 is 0 Å². The van der Waals surface area contributed by atoms with Gasteiger partial charge in [0.15, 0.2) is 0 Å². The highest BCUT2D eigenvalue weighted by Gasteiger charge is 1.98. The first-order chi connectivity index (χ1) is 7.38. The number of nitrogens with two attached hydrogens (primary N) is 1. The topological polar surface area (TPSA) is 102 Å². The predicted octanol–water partition coefficient (Wildman–Crippen LogP) is 0.296. The maximum Gasteiger partial charge on any atom is 0.231 e. The van der Waals surface area contributed by atoms with Gasteiger partial charge in [0.1, 0.15) is 18.5 Å². The van der Waals surface area contributed by atoms with Gasteiger partial charge >= 0.3 is 0 Å². The molecule has 0 atom stereocenters. The lowest BCUT2D eigenvalue weighted by Gasteiger charge is -2.04. The lowest BCUT2D eigenvalue weighted by Crippen LogP contribution is -2.07. The third-order valence-electron chi connectivity index (χ3n) is 1.66. The SMILES string of the molecule is NNc1ccnc(Nc2ncncn2)c1. The zero-order valence-corrected chi connectivity index (χ0v) is 7.75. The third kappa shape index (κ3) is 2.35. The lowest BCUT2D eigenvalue weighted by molar-refractivity contribution is 1.05. The minimum atomic E-state index is 0.437. The zero-order chi connectivity index (χ0) is 10.5. The number of pyridine rings is 1. The van der Waals surface area contributed by atoms with Crippen molar-refractivity contribution in [1.82, 2.24) is 19.9 Å². The molecule has 2 aromatic heterocycles. The summed E-state index contributed by atoms with van der Waals surface area (Å²) in [6, 6.07) is 3.49. The Morgan fingerprint density at radius 1 is 1.13 bits per heavy atom. The minimum Gasteiger partial charge on any atom is -0.324 e. The second-order valence-corrected chi connectivity index (χ2v) is 2.66. The van der Waals surface area contributed by atoms with Crippen molar-refractivity contribution in [3.05, 3.63) is 31.0 Å². The van der Waals surface area contributed by atoms with Crippen LogP contribution in [0.2, 0.25) is 0 Å². The van der Waals surface area contributed by atoms with E-state index in [0.29, 0.717) is 11.8 Å². The van der Waals surface area contributed by atoms with E-state index < -0.39 is 0 Å². The van der Waals surface area contributed by atoms with Crippen LogP contribution in [0.25, 0.3) is 0 Å². The monoisotopic (exact) mass is 203 g/mol. The molecule has 0 spiro atoms. The van der Waals surface area contributed by atoms with Crippen LogP contribution in [0.15, 0.2) is 31.0 Å². The molecule has 4 N–H and O–H groups in total. The Morgan fingerprint density at radius 2 is 1.93 bits per heavy atom. The molecular formula is C8H9N7. The van der Waals surface area contributed by atoms with Gasteiger partial charge in [0, 0.05) is 12.3 Å². The molecule has 0 saturated carbocycles. The minimum absolute atomic E-state index is 0.437. The average Bonchev–Trinajstić information content (AvgIpc) is 2.31. The normalized spacial score (nSPS) is 9.67. The number of hydrogen-bond donors (Lipinski definition) is 3. The summed E-state index contributed by atoms with van der Waals surface area (Å²) in [5.74, 6) is 6.31. The molecule has 0 aromatic carbocycles. The Hall–Kier alpha value is -2.28. The summed E-state index contributed by atoms with van der Waals surface area (Å²) >= 11 is 0. The fourth-order valence-corrected chi connectivity index (χ4v) is 1.01. The smallest absolute Gasteiger partial charge is 0.231 e. The van der Waals surface area contributed by atoms with Crippen molar-refractivity contribution in [2.24, 2.45) is 5.84 Å². The van der Waals surface area contributed by atoms with E-state index in [-0.39, 0.29) is 0 Å². The van der Waals surface area contributed by atoms with Crippen LogP contribution in [0.4, 0.5) is 17.5 Å². The number of nitrogens with one attached hydrogen (secondary N) is 2. The molecule has 0 amide bonds. The molecular weight excluding hydrogens is 194 g/mol. The molecule has 0 aliphatic rings. The van der Waals surface area contributed by atoms with Gasteiger partial charge in [-0.3, -0.25) is 5.84 Å². The molecule has 2 aromatic rings. The van der Waals surface area contributed by atoms with Crippen LogP contribution in [-0.2, 0) is 0 Å². The van der Waals surface area contributed by atoms with Gasteiger partial charge in [0.2, 0.25) is 5.95 Å². The molecule has 0 aliphatic carbocycles. The Balaban J connectivity index is 2.17. The van der Waals surface area contributed by atoms with Crippen molar-refractivity contribution in [2.45, 2.75) is 0 Å². The van der Waals surface area contributed by atoms with E-state index in [2.05, 4.69) is 30.7 Å². The highest BCUT2D eigenvalue weighted by molar-refractivity contribution is 5.55. The van der Waals surface area contributed by atoms with Gasteiger partial charge in [-0.25, -0.2) is 19.9 Å². The van der Waals surface area contributed by atoms with Gasteiger partial charge < -0.3 is 10.7 Å². The highest BCUT2D eigenvalue weighted by Crippen LogP contribution is 2.12. The van der Waals surface area contributed by atoms with E-state index in [9.17, 15) is 0 Å². The largest absolute Gasteiger partial charge is 0.324 e. The summed E-state index contributed by atoms with van der Waals surface area (Å²) in [6.45, 7) is 0. The molecule has 7 nitrogen and oxygen atoms in total. The van der Waals surface area contributed by atoms with Crippen LogP contribution >= 0.6 is 0 Å². The van der Waals surface area contributed by atoms with Gasteiger partial charge in [-0.2, -0.15) is 0 Å². The van der Waals surface area contributed by atoms with Crippen LogP contribution in [-0.4, -0.2) is 19.9 Å². The maximum atomic E-state index is 5.27. The molecule has 0 unspecified atom stereocenters. The van der Waals surface area contributed by atoms with E-state index in [1.165, 1.54) is 12.7 Å². The van der Waals surface area contributed by atoms with E-state index in [1.54, 1.807) is 18.3 Å². The first-order valence-corrected chi connectivity index (χ1v) is 4.20. The maximum absolute atomic E-state index is 5.27. The number of nitrogens with zero attached hydrogens (tertiary/aromatic N) is 4. The van der Waals surface area contributed by atoms with Gasteiger partial charge in [0.05, 0.1) is 5.69 Å². The Labute approximate surface area is 85.8 Å². The van der Waals surface area contributed by atoms with Crippen molar-refractivity contribution >= 4 is 17.5 Å². The number of aromatic nitrogens is 4. The van der Waals surface area contributed by atoms with E-state index in [0.717, 1.165) is 5.69 Å². The fourth-order valence-electron chi connectivity index (χ4n) is 1.01. The highest BCUT2D eigenvalue weighted by atomic mass is 15.2. The lowest BCUT2D eigenvalue weighted by atomic mass is 10.4. The molecule has 7 heteroatoms. The van der Waals surface area contributed by atoms with Gasteiger partial charge in [-0.05, 0) is 6.07 Å². The van der Waals surface area contributed by atoms with Crippen molar-refractivity contribution in [3.63, 3.8) is 0 Å². The van der Waals surface area contributed by atoms with Crippen LogP contribution in [0.3, 0.4) is 0 Å². The number of rotatable bonds is 3. The van der Waals surface area contributed by atoms with Crippen molar-refractivity contribution < 1.29 is 0 Å². The van der Waals surface area contributed by atoms with E-state index in [1.807, 2.05) is 0 Å². The summed E-state index contributed by atoms with van der Waals surface area (Å²) in [6.07, 6.45) is 4.43. The van der Waals surface area contributed by atoms with Crippen molar-refractivity contribution in [1.29, 1.82) is 0 Å². The standard InChI is InChI=1S/C8H9N7/c9-15-6-1-2-11-7(3-6)14-8-12-4-10-5-13-8/h1-5H,9H2,(H2,10,11,12,13,14,15). The second kappa shape index (κ2) is 4.29. The fraction of sp³-hybridized carbons (Fsp3) is 0. The number of hydrazine groups is 1. The Kier molecular flexibility index (Phi) is 2.65. The van der Waals surface area contributed by atoms with E-state index in [4.69, 9.17) is 5.84 Å². The molecule has 0 saturated heterocycles. The molecule has 76 valence electrons. The van der Waals surface area contributed by atoms with Crippen LogP contribution in [0.1, 0.15) is 0 Å².